The Morgan fingerprint density at radius 1 is 1.50 bits per heavy atom. The first-order valence-corrected chi connectivity index (χ1v) is 7.31. The summed E-state index contributed by atoms with van der Waals surface area (Å²) in [5, 5.41) is 12.7. The summed E-state index contributed by atoms with van der Waals surface area (Å²) >= 11 is 6.02. The molecule has 20 heavy (non-hydrogen) atoms. The molecule has 110 valence electrons. The highest BCUT2D eigenvalue weighted by Crippen LogP contribution is 2.29. The topological polar surface area (TPSA) is 75.1 Å². The Bertz CT molecular complexity index is 499. The number of nitrogens with one attached hydrogen (secondary N) is 1. The quantitative estimate of drug-likeness (QED) is 0.894. The fourth-order valence-electron chi connectivity index (χ4n) is 2.49. The first-order valence-electron chi connectivity index (χ1n) is 6.93. The number of hydrogen-bond acceptors (Lipinski definition) is 4. The van der Waals surface area contributed by atoms with Crippen molar-refractivity contribution in [3.8, 4) is 0 Å². The first kappa shape index (κ1) is 15.2. The molecule has 0 aromatic carbocycles. The summed E-state index contributed by atoms with van der Waals surface area (Å²) < 4.78 is 0. The summed E-state index contributed by atoms with van der Waals surface area (Å²) in [7, 11) is 0. The van der Waals surface area contributed by atoms with Gasteiger partial charge in [-0.25, -0.2) is 9.97 Å². The van der Waals surface area contributed by atoms with Gasteiger partial charge in [-0.05, 0) is 12.8 Å². The van der Waals surface area contributed by atoms with E-state index in [1.165, 1.54) is 6.20 Å². The van der Waals surface area contributed by atoms with Crippen LogP contribution in [0.3, 0.4) is 0 Å². The van der Waals surface area contributed by atoms with E-state index in [1.807, 2.05) is 13.8 Å². The molecule has 0 saturated heterocycles. The van der Waals surface area contributed by atoms with Crippen LogP contribution in [-0.4, -0.2) is 33.1 Å². The van der Waals surface area contributed by atoms with E-state index in [2.05, 4.69) is 15.3 Å². The van der Waals surface area contributed by atoms with Gasteiger partial charge in [0.15, 0.2) is 0 Å². The van der Waals surface area contributed by atoms with Gasteiger partial charge in [0.25, 0.3) is 5.91 Å². The lowest BCUT2D eigenvalue weighted by Gasteiger charge is -2.27. The molecule has 1 aliphatic carbocycles. The van der Waals surface area contributed by atoms with Crippen LogP contribution in [0.25, 0.3) is 0 Å². The molecule has 0 atom stereocenters. The maximum Gasteiger partial charge on any atom is 0.272 e. The molecule has 1 aromatic rings. The lowest BCUT2D eigenvalue weighted by molar-refractivity contribution is 0.0833. The van der Waals surface area contributed by atoms with Gasteiger partial charge in [0.1, 0.15) is 11.5 Å². The third kappa shape index (κ3) is 3.10. The predicted molar refractivity (Wildman–Crippen MR) is 76.9 cm³/mol. The maximum absolute atomic E-state index is 12.4. The van der Waals surface area contributed by atoms with E-state index in [4.69, 9.17) is 11.6 Å². The van der Waals surface area contributed by atoms with E-state index in [1.54, 1.807) is 0 Å². The number of carbonyl (C=O) groups excluding carboxylic acids is 1. The number of aliphatic hydroxyl groups is 1. The molecule has 6 heteroatoms. The second-order valence-corrected chi connectivity index (χ2v) is 6.09. The van der Waals surface area contributed by atoms with Gasteiger partial charge in [-0.3, -0.25) is 4.79 Å². The molecular weight excluding hydrogens is 278 g/mol. The van der Waals surface area contributed by atoms with Crippen molar-refractivity contribution in [3.63, 3.8) is 0 Å². The van der Waals surface area contributed by atoms with Gasteiger partial charge in [0.05, 0.1) is 23.4 Å². The summed E-state index contributed by atoms with van der Waals surface area (Å²) in [6, 6.07) is 0. The maximum atomic E-state index is 12.4. The summed E-state index contributed by atoms with van der Waals surface area (Å²) in [6.45, 7) is 3.85. The molecule has 2 N–H and O–H groups in total. The van der Waals surface area contributed by atoms with E-state index in [0.717, 1.165) is 25.7 Å². The molecule has 1 saturated carbocycles. The fourth-order valence-corrected chi connectivity index (χ4v) is 2.67. The second kappa shape index (κ2) is 6.06. The second-order valence-electron chi connectivity index (χ2n) is 5.68. The minimum absolute atomic E-state index is 0.0571. The molecular formula is C14H20ClN3O2. The summed E-state index contributed by atoms with van der Waals surface area (Å²) in [5.41, 5.74) is -0.339. The number of aliphatic hydroxyl groups excluding tert-OH is 1. The largest absolute Gasteiger partial charge is 0.394 e. The SMILES string of the molecule is CC(C)c1ncc(Cl)c(C(=O)NC2(CO)CCCC2)n1. The average molecular weight is 298 g/mol. The van der Waals surface area contributed by atoms with Crippen molar-refractivity contribution in [1.29, 1.82) is 0 Å². The summed E-state index contributed by atoms with van der Waals surface area (Å²) in [5.74, 6) is 0.372. The van der Waals surface area contributed by atoms with Crippen molar-refractivity contribution in [2.45, 2.75) is 51.0 Å². The minimum Gasteiger partial charge on any atom is -0.394 e. The van der Waals surface area contributed by atoms with Crippen LogP contribution in [0.5, 0.6) is 0 Å². The molecule has 0 spiro atoms. The molecule has 0 unspecified atom stereocenters. The van der Waals surface area contributed by atoms with Crippen molar-refractivity contribution < 1.29 is 9.90 Å². The van der Waals surface area contributed by atoms with Crippen LogP contribution in [0.1, 0.15) is 61.8 Å². The Hall–Kier alpha value is -1.20. The molecule has 2 rings (SSSR count). The molecule has 1 amide bonds. The van der Waals surface area contributed by atoms with E-state index >= 15 is 0 Å². The number of amides is 1. The number of nitrogens with zero attached hydrogens (tertiary/aromatic N) is 2. The number of aromatic nitrogens is 2. The highest BCUT2D eigenvalue weighted by molar-refractivity contribution is 6.33. The monoisotopic (exact) mass is 297 g/mol. The number of rotatable bonds is 4. The first-order chi connectivity index (χ1) is 9.47. The smallest absolute Gasteiger partial charge is 0.272 e. The van der Waals surface area contributed by atoms with Gasteiger partial charge in [0.2, 0.25) is 0 Å². The normalized spacial score (nSPS) is 17.4. The number of carbonyl (C=O) groups is 1. The lowest BCUT2D eigenvalue weighted by Crippen LogP contribution is -2.49. The van der Waals surface area contributed by atoms with Gasteiger partial charge < -0.3 is 10.4 Å². The number of halogens is 1. The Morgan fingerprint density at radius 2 is 2.15 bits per heavy atom. The van der Waals surface area contributed by atoms with Crippen LogP contribution >= 0.6 is 11.6 Å². The molecule has 1 heterocycles. The molecule has 1 aliphatic rings. The van der Waals surface area contributed by atoms with Crippen molar-refractivity contribution >= 4 is 17.5 Å². The Morgan fingerprint density at radius 3 is 2.70 bits per heavy atom. The standard InChI is InChI=1S/C14H20ClN3O2/c1-9(2)12-16-7-10(15)11(17-12)13(20)18-14(8-19)5-3-4-6-14/h7,9,19H,3-6,8H2,1-2H3,(H,18,20). The van der Waals surface area contributed by atoms with E-state index < -0.39 is 5.54 Å². The zero-order valence-electron chi connectivity index (χ0n) is 11.8. The van der Waals surface area contributed by atoms with Crippen LogP contribution in [-0.2, 0) is 0 Å². The highest BCUT2D eigenvalue weighted by Gasteiger charge is 2.35. The van der Waals surface area contributed by atoms with Crippen LogP contribution in [0.2, 0.25) is 5.02 Å². The van der Waals surface area contributed by atoms with Crippen LogP contribution in [0.4, 0.5) is 0 Å². The zero-order valence-corrected chi connectivity index (χ0v) is 12.6. The van der Waals surface area contributed by atoms with Gasteiger partial charge in [-0.15, -0.1) is 0 Å². The van der Waals surface area contributed by atoms with E-state index in [-0.39, 0.29) is 29.1 Å². The van der Waals surface area contributed by atoms with Gasteiger partial charge in [-0.1, -0.05) is 38.3 Å². The van der Waals surface area contributed by atoms with Crippen molar-refractivity contribution in [2.24, 2.45) is 0 Å². The molecule has 0 bridgehead atoms. The van der Waals surface area contributed by atoms with Gasteiger partial charge in [0, 0.05) is 5.92 Å². The van der Waals surface area contributed by atoms with Crippen molar-refractivity contribution in [1.82, 2.24) is 15.3 Å². The Kier molecular flexibility index (Phi) is 4.60. The zero-order chi connectivity index (χ0) is 14.8. The Labute approximate surface area is 123 Å². The Balaban J connectivity index is 2.22. The van der Waals surface area contributed by atoms with Crippen LogP contribution in [0, 0.1) is 0 Å². The number of hydrogen-bond donors (Lipinski definition) is 2. The van der Waals surface area contributed by atoms with Crippen molar-refractivity contribution in [2.75, 3.05) is 6.61 Å². The van der Waals surface area contributed by atoms with Gasteiger partial charge in [-0.2, -0.15) is 0 Å². The van der Waals surface area contributed by atoms with Gasteiger partial charge >= 0.3 is 0 Å². The molecule has 0 aliphatic heterocycles. The third-order valence-electron chi connectivity index (χ3n) is 3.74. The highest BCUT2D eigenvalue weighted by atomic mass is 35.5. The molecule has 1 aromatic heterocycles. The average Bonchev–Trinajstić information content (AvgIpc) is 2.88. The van der Waals surface area contributed by atoms with E-state index in [0.29, 0.717) is 5.82 Å². The van der Waals surface area contributed by atoms with Crippen LogP contribution in [0.15, 0.2) is 6.20 Å². The van der Waals surface area contributed by atoms with Crippen LogP contribution < -0.4 is 5.32 Å². The molecule has 0 radical (unpaired) electrons. The fraction of sp³-hybridized carbons (Fsp3) is 0.643. The molecule has 1 fully saturated rings. The predicted octanol–water partition coefficient (Wildman–Crippen LogP) is 2.29. The minimum atomic E-state index is -0.524. The van der Waals surface area contributed by atoms with E-state index in [9.17, 15) is 9.90 Å². The lowest BCUT2D eigenvalue weighted by atomic mass is 9.98. The summed E-state index contributed by atoms with van der Waals surface area (Å²) in [6.07, 6.45) is 5.05. The van der Waals surface area contributed by atoms with Crippen molar-refractivity contribution in [3.05, 3.63) is 22.7 Å². The third-order valence-corrected chi connectivity index (χ3v) is 4.01. The molecule has 5 nitrogen and oxygen atoms in total. The summed E-state index contributed by atoms with van der Waals surface area (Å²) in [4.78, 5) is 20.7.